The van der Waals surface area contributed by atoms with E-state index in [0.717, 1.165) is 5.56 Å². The summed E-state index contributed by atoms with van der Waals surface area (Å²) in [5.41, 5.74) is 2.76. The number of amides is 1. The summed E-state index contributed by atoms with van der Waals surface area (Å²) in [4.78, 5) is 21.0. The lowest BCUT2D eigenvalue weighted by atomic mass is 10.1. The summed E-state index contributed by atoms with van der Waals surface area (Å²) in [5.74, 6) is 0.891. The Bertz CT molecular complexity index is 1420. The standard InChI is InChI=1S/C25H25N9O4/c1-16(14-34-15-30-32-33-34)38-23-10-17(3-4-19(23)11-26)20-12-28-25(29-13-20)31-21-9-18(5-6-22(21)37-2)24(36)27-7-8-35/h3-6,9-10,12-13,15-16,35H,7-8,14H2,1-2H3,(H,27,36)(H,28,29,31). The molecule has 3 N–H and O–H groups in total. The van der Waals surface area contributed by atoms with Crippen molar-refractivity contribution in [2.24, 2.45) is 0 Å². The molecule has 0 saturated carbocycles. The van der Waals surface area contributed by atoms with E-state index in [2.05, 4.69) is 42.2 Å². The van der Waals surface area contributed by atoms with Crippen molar-refractivity contribution in [3.63, 3.8) is 0 Å². The SMILES string of the molecule is COc1ccc(C(=O)NCCO)cc1Nc1ncc(-c2ccc(C#N)c(OC(C)Cn3cnnn3)c2)cn1. The fourth-order valence-electron chi connectivity index (χ4n) is 3.55. The highest BCUT2D eigenvalue weighted by molar-refractivity contribution is 5.95. The molecule has 0 bridgehead atoms. The van der Waals surface area contributed by atoms with Crippen LogP contribution in [0.15, 0.2) is 55.1 Å². The summed E-state index contributed by atoms with van der Waals surface area (Å²) in [6.45, 7) is 2.27. The quantitative estimate of drug-likeness (QED) is 0.266. The number of aliphatic hydroxyl groups excluding tert-OH is 1. The molecule has 0 aliphatic heterocycles. The third-order valence-corrected chi connectivity index (χ3v) is 5.36. The molecule has 1 unspecified atom stereocenters. The molecule has 0 saturated heterocycles. The predicted molar refractivity (Wildman–Crippen MR) is 136 cm³/mol. The molecule has 0 fully saturated rings. The van der Waals surface area contributed by atoms with E-state index in [1.165, 1.54) is 13.4 Å². The molecule has 0 aliphatic carbocycles. The normalized spacial score (nSPS) is 11.3. The molecule has 4 aromatic rings. The highest BCUT2D eigenvalue weighted by atomic mass is 16.5. The summed E-state index contributed by atoms with van der Waals surface area (Å²) < 4.78 is 12.9. The molecule has 0 aliphatic rings. The first-order valence-corrected chi connectivity index (χ1v) is 11.6. The zero-order valence-corrected chi connectivity index (χ0v) is 20.7. The van der Waals surface area contributed by atoms with Gasteiger partial charge in [0.2, 0.25) is 5.95 Å². The first-order chi connectivity index (χ1) is 18.5. The lowest BCUT2D eigenvalue weighted by Crippen LogP contribution is -2.26. The van der Waals surface area contributed by atoms with Crippen molar-refractivity contribution >= 4 is 17.5 Å². The second kappa shape index (κ2) is 12.2. The number of aliphatic hydroxyl groups is 1. The van der Waals surface area contributed by atoms with Crippen molar-refractivity contribution in [2.45, 2.75) is 19.6 Å². The Labute approximate surface area is 218 Å². The van der Waals surface area contributed by atoms with Gasteiger partial charge in [-0.05, 0) is 53.2 Å². The Morgan fingerprint density at radius 1 is 1.16 bits per heavy atom. The zero-order valence-electron chi connectivity index (χ0n) is 20.7. The molecule has 2 heterocycles. The fourth-order valence-corrected chi connectivity index (χ4v) is 3.55. The molecule has 2 aromatic heterocycles. The number of rotatable bonds is 11. The Balaban J connectivity index is 1.51. The summed E-state index contributed by atoms with van der Waals surface area (Å²) in [5, 5.41) is 35.2. The summed E-state index contributed by atoms with van der Waals surface area (Å²) in [7, 11) is 1.52. The van der Waals surface area contributed by atoms with Crippen LogP contribution in [0.3, 0.4) is 0 Å². The number of nitrogens with one attached hydrogen (secondary N) is 2. The number of hydrogen-bond acceptors (Lipinski definition) is 11. The van der Waals surface area contributed by atoms with Crippen molar-refractivity contribution in [2.75, 3.05) is 25.6 Å². The molecule has 0 spiro atoms. The first kappa shape index (κ1) is 26.0. The van der Waals surface area contributed by atoms with Crippen LogP contribution < -0.4 is 20.1 Å². The minimum Gasteiger partial charge on any atom is -0.495 e. The Morgan fingerprint density at radius 3 is 2.66 bits per heavy atom. The van der Waals surface area contributed by atoms with Gasteiger partial charge in [0.05, 0.1) is 31.5 Å². The van der Waals surface area contributed by atoms with Crippen molar-refractivity contribution in [3.05, 3.63) is 66.2 Å². The van der Waals surface area contributed by atoms with Crippen LogP contribution in [0, 0.1) is 11.3 Å². The molecule has 38 heavy (non-hydrogen) atoms. The lowest BCUT2D eigenvalue weighted by Gasteiger charge is -2.16. The second-order valence-corrected chi connectivity index (χ2v) is 8.10. The maximum Gasteiger partial charge on any atom is 0.251 e. The van der Waals surface area contributed by atoms with E-state index in [1.54, 1.807) is 53.5 Å². The number of carbonyl (C=O) groups is 1. The highest BCUT2D eigenvalue weighted by Gasteiger charge is 2.14. The number of nitrogens with zero attached hydrogens (tertiary/aromatic N) is 7. The number of hydrogen-bond donors (Lipinski definition) is 3. The van der Waals surface area contributed by atoms with E-state index in [0.29, 0.717) is 46.4 Å². The minimum atomic E-state index is -0.327. The number of carbonyl (C=O) groups excluding carboxylic acids is 1. The van der Waals surface area contributed by atoms with Gasteiger partial charge in [-0.3, -0.25) is 4.79 Å². The maximum absolute atomic E-state index is 12.3. The number of nitriles is 1. The Kier molecular flexibility index (Phi) is 8.37. The molecule has 0 radical (unpaired) electrons. The number of tetrazole rings is 1. The van der Waals surface area contributed by atoms with Crippen molar-refractivity contribution < 1.29 is 19.4 Å². The summed E-state index contributed by atoms with van der Waals surface area (Å²) >= 11 is 0. The van der Waals surface area contributed by atoms with Gasteiger partial charge in [-0.25, -0.2) is 14.6 Å². The van der Waals surface area contributed by atoms with E-state index >= 15 is 0 Å². The molecule has 1 amide bonds. The average Bonchev–Trinajstić information content (AvgIpc) is 3.45. The lowest BCUT2D eigenvalue weighted by molar-refractivity contribution is 0.0944. The van der Waals surface area contributed by atoms with Gasteiger partial charge in [0.1, 0.15) is 30.0 Å². The molecule has 13 heteroatoms. The molecular formula is C25H25N9O4. The fraction of sp³-hybridized carbons (Fsp3) is 0.240. The topological polar surface area (TPSA) is 173 Å². The first-order valence-electron chi connectivity index (χ1n) is 11.6. The molecule has 13 nitrogen and oxygen atoms in total. The average molecular weight is 516 g/mol. The van der Waals surface area contributed by atoms with E-state index in [9.17, 15) is 10.1 Å². The van der Waals surface area contributed by atoms with Crippen molar-refractivity contribution in [1.82, 2.24) is 35.5 Å². The molecule has 194 valence electrons. The van der Waals surface area contributed by atoms with Gasteiger partial charge >= 0.3 is 0 Å². The van der Waals surface area contributed by atoms with Gasteiger partial charge in [0.25, 0.3) is 5.91 Å². The zero-order chi connectivity index (χ0) is 26.9. The number of aromatic nitrogens is 6. The number of ether oxygens (including phenoxy) is 2. The second-order valence-electron chi connectivity index (χ2n) is 8.10. The van der Waals surface area contributed by atoms with Crippen LogP contribution in [-0.4, -0.2) is 67.6 Å². The third-order valence-electron chi connectivity index (χ3n) is 5.36. The minimum absolute atomic E-state index is 0.151. The van der Waals surface area contributed by atoms with Crippen LogP contribution in [0.4, 0.5) is 11.6 Å². The Hall–Kier alpha value is -5.09. The third kappa shape index (κ3) is 6.37. The van der Waals surface area contributed by atoms with E-state index < -0.39 is 0 Å². The monoisotopic (exact) mass is 515 g/mol. The number of anilines is 2. The van der Waals surface area contributed by atoms with Crippen LogP contribution in [0.1, 0.15) is 22.8 Å². The van der Waals surface area contributed by atoms with Gasteiger partial charge in [-0.15, -0.1) is 5.10 Å². The molecule has 2 aromatic carbocycles. The number of benzene rings is 2. The van der Waals surface area contributed by atoms with Crippen molar-refractivity contribution in [3.8, 4) is 28.7 Å². The van der Waals surface area contributed by atoms with Crippen LogP contribution >= 0.6 is 0 Å². The van der Waals surface area contributed by atoms with Gasteiger partial charge in [-0.2, -0.15) is 5.26 Å². The predicted octanol–water partition coefficient (Wildman–Crippen LogP) is 1.94. The largest absolute Gasteiger partial charge is 0.495 e. The van der Waals surface area contributed by atoms with Gasteiger partial charge in [0.15, 0.2) is 0 Å². The van der Waals surface area contributed by atoms with Gasteiger partial charge in [-0.1, -0.05) is 6.07 Å². The smallest absolute Gasteiger partial charge is 0.251 e. The van der Waals surface area contributed by atoms with E-state index in [1.807, 2.05) is 6.92 Å². The molecular weight excluding hydrogens is 490 g/mol. The van der Waals surface area contributed by atoms with Crippen molar-refractivity contribution in [1.29, 1.82) is 5.26 Å². The van der Waals surface area contributed by atoms with Crippen LogP contribution in [-0.2, 0) is 6.54 Å². The maximum atomic E-state index is 12.3. The summed E-state index contributed by atoms with van der Waals surface area (Å²) in [6, 6.07) is 12.3. The van der Waals surface area contributed by atoms with Crippen LogP contribution in [0.5, 0.6) is 11.5 Å². The van der Waals surface area contributed by atoms with Crippen LogP contribution in [0.25, 0.3) is 11.1 Å². The molecule has 4 rings (SSSR count). The van der Waals surface area contributed by atoms with Crippen LogP contribution in [0.2, 0.25) is 0 Å². The summed E-state index contributed by atoms with van der Waals surface area (Å²) in [6.07, 6.45) is 4.47. The molecule has 1 atom stereocenters. The van der Waals surface area contributed by atoms with Gasteiger partial charge in [0, 0.05) is 30.1 Å². The highest BCUT2D eigenvalue weighted by Crippen LogP contribution is 2.30. The van der Waals surface area contributed by atoms with Gasteiger partial charge < -0.3 is 25.2 Å². The Morgan fingerprint density at radius 2 is 1.97 bits per heavy atom. The van der Waals surface area contributed by atoms with E-state index in [4.69, 9.17) is 14.6 Å². The number of methoxy groups -OCH3 is 1. The van der Waals surface area contributed by atoms with E-state index in [-0.39, 0.29) is 25.2 Å².